The first-order valence-electron chi connectivity index (χ1n) is 11.6. The molecule has 2 amide bonds. The number of carbonyl (C=O) groups is 3. The number of nitrogens with zero attached hydrogens (tertiary/aromatic N) is 1. The highest BCUT2D eigenvalue weighted by Gasteiger charge is 2.42. The van der Waals surface area contributed by atoms with Gasteiger partial charge in [0.15, 0.2) is 0 Å². The van der Waals surface area contributed by atoms with Crippen LogP contribution in [-0.4, -0.2) is 78.4 Å². The summed E-state index contributed by atoms with van der Waals surface area (Å²) in [4.78, 5) is 39.1. The molecule has 2 unspecified atom stereocenters. The largest absolute Gasteiger partial charge is 0.480 e. The quantitative estimate of drug-likeness (QED) is 0.546. The van der Waals surface area contributed by atoms with E-state index in [-0.39, 0.29) is 31.6 Å². The fourth-order valence-corrected chi connectivity index (χ4v) is 5.39. The van der Waals surface area contributed by atoms with Gasteiger partial charge in [-0.25, -0.2) is 9.59 Å². The molecule has 0 bridgehead atoms. The van der Waals surface area contributed by atoms with Gasteiger partial charge < -0.3 is 24.8 Å². The average molecular weight is 499 g/mol. The van der Waals surface area contributed by atoms with E-state index in [9.17, 15) is 19.5 Å². The first-order chi connectivity index (χ1) is 16.9. The van der Waals surface area contributed by atoms with E-state index in [1.807, 2.05) is 42.7 Å². The van der Waals surface area contributed by atoms with Gasteiger partial charge in [0.1, 0.15) is 18.7 Å². The molecule has 8 nitrogen and oxygen atoms in total. The summed E-state index contributed by atoms with van der Waals surface area (Å²) in [5, 5.41) is 12.3. The predicted octanol–water partition coefficient (Wildman–Crippen LogP) is 3.35. The van der Waals surface area contributed by atoms with Crippen molar-refractivity contribution >= 4 is 29.7 Å². The maximum absolute atomic E-state index is 13.3. The molecule has 2 aromatic rings. The number of methoxy groups -OCH3 is 1. The summed E-state index contributed by atoms with van der Waals surface area (Å²) in [6.07, 6.45) is 1.45. The monoisotopic (exact) mass is 498 g/mol. The third kappa shape index (κ3) is 5.31. The number of benzene rings is 2. The molecule has 2 aromatic carbocycles. The van der Waals surface area contributed by atoms with Crippen molar-refractivity contribution in [3.05, 3.63) is 59.7 Å². The van der Waals surface area contributed by atoms with Gasteiger partial charge in [0.2, 0.25) is 5.91 Å². The molecule has 35 heavy (non-hydrogen) atoms. The Balaban J connectivity index is 1.44. The minimum atomic E-state index is -1.08. The van der Waals surface area contributed by atoms with Crippen LogP contribution in [0.4, 0.5) is 4.79 Å². The Morgan fingerprint density at radius 3 is 2.31 bits per heavy atom. The molecular weight excluding hydrogens is 468 g/mol. The van der Waals surface area contributed by atoms with E-state index in [0.29, 0.717) is 12.2 Å². The van der Waals surface area contributed by atoms with E-state index >= 15 is 0 Å². The zero-order chi connectivity index (χ0) is 24.9. The maximum atomic E-state index is 13.3. The molecular formula is C26H30N2O6S. The lowest BCUT2D eigenvalue weighted by molar-refractivity contribution is -0.149. The van der Waals surface area contributed by atoms with Crippen LogP contribution < -0.4 is 5.32 Å². The Kier molecular flexibility index (Phi) is 7.97. The molecule has 0 radical (unpaired) electrons. The number of likely N-dealkylation sites (tertiary alicyclic amines) is 1. The molecule has 0 aromatic heterocycles. The lowest BCUT2D eigenvalue weighted by Gasteiger charge is -2.27. The van der Waals surface area contributed by atoms with Gasteiger partial charge in [-0.05, 0) is 40.7 Å². The summed E-state index contributed by atoms with van der Waals surface area (Å²) in [5.74, 6) is -0.979. The second-order valence-electron chi connectivity index (χ2n) is 8.74. The number of hydrogen-bond donors (Lipinski definition) is 2. The summed E-state index contributed by atoms with van der Waals surface area (Å²) in [6.45, 7) is 0.310. The summed E-state index contributed by atoms with van der Waals surface area (Å²) in [7, 11) is 1.50. The standard InChI is InChI=1S/C26H30N2O6S/c1-33-16-13-23(25(30)31)28(14-16)24(29)22(11-12-35-2)27-26(32)34-15-21-19-9-5-3-7-17(19)18-8-4-6-10-20(18)21/h3-10,16,21-23H,11-15H2,1-2H3,(H,27,32)(H,30,31)/t16?,22-,23?/m1/s1. The summed E-state index contributed by atoms with van der Waals surface area (Å²) >= 11 is 1.54. The van der Waals surface area contributed by atoms with E-state index in [1.54, 1.807) is 11.8 Å². The van der Waals surface area contributed by atoms with E-state index < -0.39 is 30.1 Å². The van der Waals surface area contributed by atoms with Crippen molar-refractivity contribution in [1.82, 2.24) is 10.2 Å². The number of carbonyl (C=O) groups excluding carboxylic acids is 2. The van der Waals surface area contributed by atoms with Crippen LogP contribution in [0.2, 0.25) is 0 Å². The molecule has 1 heterocycles. The van der Waals surface area contributed by atoms with Crippen molar-refractivity contribution in [2.24, 2.45) is 0 Å². The summed E-state index contributed by atoms with van der Waals surface area (Å²) in [6, 6.07) is 14.3. The molecule has 0 spiro atoms. The van der Waals surface area contributed by atoms with Gasteiger partial charge in [-0.15, -0.1) is 0 Å². The predicted molar refractivity (Wildman–Crippen MR) is 134 cm³/mol. The normalized spacial score (nSPS) is 19.7. The minimum absolute atomic E-state index is 0.0917. The summed E-state index contributed by atoms with van der Waals surface area (Å²) < 4.78 is 10.9. The molecule has 186 valence electrons. The first-order valence-corrected chi connectivity index (χ1v) is 13.0. The van der Waals surface area contributed by atoms with Gasteiger partial charge in [-0.3, -0.25) is 4.79 Å². The molecule has 0 saturated carbocycles. The molecule has 1 aliphatic carbocycles. The number of amides is 2. The van der Waals surface area contributed by atoms with Gasteiger partial charge in [0.05, 0.1) is 6.10 Å². The number of aliphatic carboxylic acids is 1. The highest BCUT2D eigenvalue weighted by molar-refractivity contribution is 7.98. The Morgan fingerprint density at radius 1 is 1.11 bits per heavy atom. The van der Waals surface area contributed by atoms with Crippen LogP contribution in [0.25, 0.3) is 11.1 Å². The second-order valence-corrected chi connectivity index (χ2v) is 9.73. The lowest BCUT2D eigenvalue weighted by Crippen LogP contribution is -2.52. The third-order valence-electron chi connectivity index (χ3n) is 6.71. The number of carboxylic acids is 1. The van der Waals surface area contributed by atoms with Gasteiger partial charge in [-0.2, -0.15) is 11.8 Å². The van der Waals surface area contributed by atoms with E-state index in [2.05, 4.69) is 17.4 Å². The number of thioether (sulfide) groups is 1. The zero-order valence-electron chi connectivity index (χ0n) is 19.8. The number of hydrogen-bond acceptors (Lipinski definition) is 6. The Bertz CT molecular complexity index is 1050. The van der Waals surface area contributed by atoms with Crippen LogP contribution in [0.5, 0.6) is 0 Å². The molecule has 1 saturated heterocycles. The molecule has 1 fully saturated rings. The van der Waals surface area contributed by atoms with Crippen molar-refractivity contribution < 1.29 is 29.0 Å². The highest BCUT2D eigenvalue weighted by atomic mass is 32.2. The Morgan fingerprint density at radius 2 is 1.74 bits per heavy atom. The molecule has 2 N–H and O–H groups in total. The van der Waals surface area contributed by atoms with Crippen molar-refractivity contribution in [1.29, 1.82) is 0 Å². The second kappa shape index (κ2) is 11.1. The van der Waals surface area contributed by atoms with Crippen LogP contribution >= 0.6 is 11.8 Å². The number of rotatable bonds is 9. The number of alkyl carbamates (subject to hydrolysis) is 1. The zero-order valence-corrected chi connectivity index (χ0v) is 20.6. The van der Waals surface area contributed by atoms with Crippen molar-refractivity contribution in [3.63, 3.8) is 0 Å². The topological polar surface area (TPSA) is 105 Å². The minimum Gasteiger partial charge on any atom is -0.480 e. The fraction of sp³-hybridized carbons (Fsp3) is 0.423. The number of fused-ring (bicyclic) bond motifs is 3. The average Bonchev–Trinajstić information content (AvgIpc) is 3.45. The molecule has 3 atom stereocenters. The van der Waals surface area contributed by atoms with Gasteiger partial charge in [0.25, 0.3) is 0 Å². The van der Waals surface area contributed by atoms with Crippen LogP contribution in [0, 0.1) is 0 Å². The third-order valence-corrected chi connectivity index (χ3v) is 7.35. The van der Waals surface area contributed by atoms with E-state index in [1.165, 1.54) is 12.0 Å². The van der Waals surface area contributed by atoms with Crippen molar-refractivity contribution in [2.45, 2.75) is 36.9 Å². The number of nitrogens with one attached hydrogen (secondary N) is 1. The Hall–Kier alpha value is -3.04. The van der Waals surface area contributed by atoms with Crippen molar-refractivity contribution in [3.8, 4) is 11.1 Å². The van der Waals surface area contributed by atoms with Crippen LogP contribution in [0.3, 0.4) is 0 Å². The van der Waals surface area contributed by atoms with Crippen LogP contribution in [0.1, 0.15) is 29.9 Å². The van der Waals surface area contributed by atoms with Crippen LogP contribution in [0.15, 0.2) is 48.5 Å². The molecule has 2 aliphatic rings. The molecule has 9 heteroatoms. The maximum Gasteiger partial charge on any atom is 0.407 e. The highest BCUT2D eigenvalue weighted by Crippen LogP contribution is 2.44. The smallest absolute Gasteiger partial charge is 0.407 e. The Labute approximate surface area is 209 Å². The van der Waals surface area contributed by atoms with Gasteiger partial charge in [0, 0.05) is 26.0 Å². The van der Waals surface area contributed by atoms with E-state index in [4.69, 9.17) is 9.47 Å². The van der Waals surface area contributed by atoms with Gasteiger partial charge >= 0.3 is 12.1 Å². The molecule has 1 aliphatic heterocycles. The fourth-order valence-electron chi connectivity index (χ4n) is 4.92. The summed E-state index contributed by atoms with van der Waals surface area (Å²) in [5.41, 5.74) is 4.46. The SMILES string of the molecule is COC1CC(C(=O)O)N(C(=O)[C@@H](CCSC)NC(=O)OCC2c3ccccc3-c3ccccc32)C1. The van der Waals surface area contributed by atoms with Crippen LogP contribution in [-0.2, 0) is 19.1 Å². The first kappa shape index (κ1) is 25.1. The molecule has 4 rings (SSSR count). The lowest BCUT2D eigenvalue weighted by atomic mass is 9.98. The van der Waals surface area contributed by atoms with Gasteiger partial charge in [-0.1, -0.05) is 48.5 Å². The number of carboxylic acid groups (broad SMARTS) is 1. The number of ether oxygens (including phenoxy) is 2. The van der Waals surface area contributed by atoms with E-state index in [0.717, 1.165) is 22.3 Å². The van der Waals surface area contributed by atoms with Crippen molar-refractivity contribution in [2.75, 3.05) is 32.3 Å².